The molecule has 1 N–H and O–H groups in total. The molecule has 6 heteroatoms. The summed E-state index contributed by atoms with van der Waals surface area (Å²) >= 11 is 0. The summed E-state index contributed by atoms with van der Waals surface area (Å²) in [6, 6.07) is 3.99. The quantitative estimate of drug-likeness (QED) is 0.787. The van der Waals surface area contributed by atoms with Crippen LogP contribution in [0, 0.1) is 6.92 Å². The largest absolute Gasteiger partial charge is 0.496 e. The van der Waals surface area contributed by atoms with Gasteiger partial charge in [0.15, 0.2) is 0 Å². The number of carbonyl (C=O) groups is 1. The fourth-order valence-electron chi connectivity index (χ4n) is 3.46. The van der Waals surface area contributed by atoms with E-state index in [0.717, 1.165) is 28.9 Å². The molecule has 0 aliphatic carbocycles. The van der Waals surface area contributed by atoms with Gasteiger partial charge in [0.1, 0.15) is 11.4 Å². The summed E-state index contributed by atoms with van der Waals surface area (Å²) in [5.41, 5.74) is 4.91. The fraction of sp³-hybridized carbons (Fsp3) is 0.278. The van der Waals surface area contributed by atoms with Gasteiger partial charge in [0, 0.05) is 41.1 Å². The van der Waals surface area contributed by atoms with Crippen LogP contribution in [0.3, 0.4) is 0 Å². The molecule has 6 nitrogen and oxygen atoms in total. The first-order valence-electron chi connectivity index (χ1n) is 7.91. The molecule has 0 atom stereocenters. The van der Waals surface area contributed by atoms with E-state index < -0.39 is 0 Å². The van der Waals surface area contributed by atoms with E-state index in [2.05, 4.69) is 21.9 Å². The second-order valence-electron chi connectivity index (χ2n) is 5.96. The van der Waals surface area contributed by atoms with Crippen LogP contribution >= 0.6 is 0 Å². The second kappa shape index (κ2) is 5.63. The molecule has 0 unspecified atom stereocenters. The maximum Gasteiger partial charge on any atom is 0.274 e. The third-order valence-electron chi connectivity index (χ3n) is 4.62. The Kier molecular flexibility index (Phi) is 3.45. The number of rotatable bonds is 2. The summed E-state index contributed by atoms with van der Waals surface area (Å²) < 4.78 is 5.55. The van der Waals surface area contributed by atoms with Crippen molar-refractivity contribution in [2.45, 2.75) is 19.9 Å². The molecule has 1 aliphatic rings. The highest BCUT2D eigenvalue weighted by Crippen LogP contribution is 2.35. The SMILES string of the molecule is COc1ccc2[nH]c(C)c3c2c1CN(C(=O)c1cnccn1)CC3. The van der Waals surface area contributed by atoms with E-state index in [9.17, 15) is 4.79 Å². The third kappa shape index (κ3) is 2.22. The van der Waals surface area contributed by atoms with Gasteiger partial charge in [-0.15, -0.1) is 0 Å². The lowest BCUT2D eigenvalue weighted by atomic mass is 10.0. The number of nitrogens with zero attached hydrogens (tertiary/aromatic N) is 3. The van der Waals surface area contributed by atoms with Gasteiger partial charge in [-0.2, -0.15) is 0 Å². The summed E-state index contributed by atoms with van der Waals surface area (Å²) in [4.78, 5) is 26.2. The first kappa shape index (κ1) is 14.7. The van der Waals surface area contributed by atoms with Crippen LogP contribution < -0.4 is 4.74 Å². The molecule has 0 spiro atoms. The number of amides is 1. The highest BCUT2D eigenvalue weighted by atomic mass is 16.5. The van der Waals surface area contributed by atoms with Gasteiger partial charge in [0.25, 0.3) is 5.91 Å². The number of aromatic amines is 1. The first-order valence-corrected chi connectivity index (χ1v) is 7.91. The first-order chi connectivity index (χ1) is 11.7. The van der Waals surface area contributed by atoms with Crippen molar-refractivity contribution in [3.63, 3.8) is 0 Å². The number of methoxy groups -OCH3 is 1. The van der Waals surface area contributed by atoms with Gasteiger partial charge in [-0.1, -0.05) is 0 Å². The van der Waals surface area contributed by atoms with E-state index >= 15 is 0 Å². The van der Waals surface area contributed by atoms with Crippen molar-refractivity contribution < 1.29 is 9.53 Å². The van der Waals surface area contributed by atoms with Crippen molar-refractivity contribution in [3.05, 3.63) is 53.2 Å². The maximum atomic E-state index is 12.8. The standard InChI is InChI=1S/C18H18N4O2/c1-11-12-5-8-22(18(23)15-9-19-6-7-20-15)10-13-16(24-2)4-3-14(21-11)17(12)13/h3-4,6-7,9,21H,5,8,10H2,1-2H3. The lowest BCUT2D eigenvalue weighted by molar-refractivity contribution is 0.0740. The van der Waals surface area contributed by atoms with Gasteiger partial charge >= 0.3 is 0 Å². The van der Waals surface area contributed by atoms with Crippen LogP contribution in [-0.4, -0.2) is 39.4 Å². The molecule has 3 heterocycles. The topological polar surface area (TPSA) is 71.1 Å². The molecule has 24 heavy (non-hydrogen) atoms. The molecule has 4 rings (SSSR count). The van der Waals surface area contributed by atoms with Crippen LogP contribution in [0.25, 0.3) is 10.9 Å². The number of ether oxygens (including phenoxy) is 1. The fourth-order valence-corrected chi connectivity index (χ4v) is 3.46. The molecule has 1 aromatic carbocycles. The summed E-state index contributed by atoms with van der Waals surface area (Å²) in [6.07, 6.45) is 5.42. The molecule has 2 aromatic heterocycles. The van der Waals surface area contributed by atoms with Crippen LogP contribution in [0.1, 0.15) is 27.3 Å². The average Bonchev–Trinajstić information content (AvgIpc) is 2.80. The Balaban J connectivity index is 1.80. The summed E-state index contributed by atoms with van der Waals surface area (Å²) in [6.45, 7) is 3.22. The van der Waals surface area contributed by atoms with Crippen molar-refractivity contribution in [2.24, 2.45) is 0 Å². The number of aryl methyl sites for hydroxylation is 1. The Hall–Kier alpha value is -2.89. The van der Waals surface area contributed by atoms with E-state index in [0.29, 0.717) is 18.8 Å². The van der Waals surface area contributed by atoms with Crippen molar-refractivity contribution in [3.8, 4) is 5.75 Å². The van der Waals surface area contributed by atoms with Gasteiger partial charge in [-0.05, 0) is 31.0 Å². The molecule has 0 fully saturated rings. The van der Waals surface area contributed by atoms with E-state index in [1.54, 1.807) is 19.5 Å². The van der Waals surface area contributed by atoms with E-state index in [1.165, 1.54) is 17.1 Å². The highest BCUT2D eigenvalue weighted by molar-refractivity contribution is 5.94. The molecule has 122 valence electrons. The zero-order chi connectivity index (χ0) is 16.7. The Bertz CT molecular complexity index is 918. The molecule has 3 aromatic rings. The van der Waals surface area contributed by atoms with Crippen LogP contribution in [-0.2, 0) is 13.0 Å². The number of nitrogens with one attached hydrogen (secondary N) is 1. The molecule has 1 amide bonds. The van der Waals surface area contributed by atoms with Gasteiger partial charge in [-0.3, -0.25) is 9.78 Å². The van der Waals surface area contributed by atoms with Crippen molar-refractivity contribution in [1.29, 1.82) is 0 Å². The monoisotopic (exact) mass is 322 g/mol. The van der Waals surface area contributed by atoms with Crippen molar-refractivity contribution >= 4 is 16.8 Å². The van der Waals surface area contributed by atoms with E-state index in [1.807, 2.05) is 17.0 Å². The number of hydrogen-bond donors (Lipinski definition) is 1. The molecule has 0 saturated heterocycles. The summed E-state index contributed by atoms with van der Waals surface area (Å²) in [5.74, 6) is 0.704. The Morgan fingerprint density at radius 2 is 2.17 bits per heavy atom. The number of aromatic nitrogens is 3. The van der Waals surface area contributed by atoms with Gasteiger partial charge in [-0.25, -0.2) is 4.98 Å². The maximum absolute atomic E-state index is 12.8. The van der Waals surface area contributed by atoms with Gasteiger partial charge in [0.05, 0.1) is 19.9 Å². The molecule has 0 saturated carbocycles. The minimum absolute atomic E-state index is 0.103. The molecular formula is C18H18N4O2. The van der Waals surface area contributed by atoms with Crippen LogP contribution in [0.15, 0.2) is 30.7 Å². The zero-order valence-electron chi connectivity index (χ0n) is 13.7. The van der Waals surface area contributed by atoms with E-state index in [-0.39, 0.29) is 5.91 Å². The Morgan fingerprint density at radius 1 is 1.29 bits per heavy atom. The number of benzene rings is 1. The molecule has 0 bridgehead atoms. The molecular weight excluding hydrogens is 304 g/mol. The minimum atomic E-state index is -0.103. The Labute approximate surface area is 139 Å². The Morgan fingerprint density at radius 3 is 2.92 bits per heavy atom. The molecule has 1 aliphatic heterocycles. The van der Waals surface area contributed by atoms with Gasteiger partial charge < -0.3 is 14.6 Å². The number of carbonyl (C=O) groups excluding carboxylic acids is 1. The summed E-state index contributed by atoms with van der Waals surface area (Å²) in [5, 5.41) is 1.18. The zero-order valence-corrected chi connectivity index (χ0v) is 13.7. The highest BCUT2D eigenvalue weighted by Gasteiger charge is 2.26. The number of hydrogen-bond acceptors (Lipinski definition) is 4. The van der Waals surface area contributed by atoms with Gasteiger partial charge in [0.2, 0.25) is 0 Å². The average molecular weight is 322 g/mol. The van der Waals surface area contributed by atoms with E-state index in [4.69, 9.17) is 4.74 Å². The summed E-state index contributed by atoms with van der Waals surface area (Å²) in [7, 11) is 1.66. The van der Waals surface area contributed by atoms with Crippen molar-refractivity contribution in [2.75, 3.05) is 13.7 Å². The lowest BCUT2D eigenvalue weighted by Gasteiger charge is -2.21. The van der Waals surface area contributed by atoms with Crippen molar-refractivity contribution in [1.82, 2.24) is 19.9 Å². The lowest BCUT2D eigenvalue weighted by Crippen LogP contribution is -2.32. The number of H-pyrrole nitrogens is 1. The minimum Gasteiger partial charge on any atom is -0.496 e. The normalized spacial score (nSPS) is 13.8. The van der Waals surface area contributed by atoms with Crippen LogP contribution in [0.4, 0.5) is 0 Å². The van der Waals surface area contributed by atoms with Crippen LogP contribution in [0.5, 0.6) is 5.75 Å². The van der Waals surface area contributed by atoms with Crippen LogP contribution in [0.2, 0.25) is 0 Å². The predicted octanol–water partition coefficient (Wildman–Crippen LogP) is 2.47. The smallest absolute Gasteiger partial charge is 0.274 e. The molecule has 0 radical (unpaired) electrons. The second-order valence-corrected chi connectivity index (χ2v) is 5.96. The third-order valence-corrected chi connectivity index (χ3v) is 4.62. The predicted molar refractivity (Wildman–Crippen MR) is 90.1 cm³/mol.